The van der Waals surface area contributed by atoms with Crippen LogP contribution in [0.4, 0.5) is 0 Å². The van der Waals surface area contributed by atoms with Crippen molar-refractivity contribution in [3.8, 4) is 5.75 Å². The number of aromatic nitrogens is 3. The van der Waals surface area contributed by atoms with Crippen LogP contribution in [-0.2, 0) is 11.8 Å². The van der Waals surface area contributed by atoms with E-state index in [0.29, 0.717) is 17.4 Å². The predicted octanol–water partition coefficient (Wildman–Crippen LogP) is 2.52. The molecule has 3 heterocycles. The molecule has 1 aliphatic heterocycles. The molecule has 0 aromatic carbocycles. The summed E-state index contributed by atoms with van der Waals surface area (Å²) in [6.45, 7) is 2.64. The van der Waals surface area contributed by atoms with Crippen LogP contribution in [0.5, 0.6) is 5.75 Å². The highest BCUT2D eigenvalue weighted by Crippen LogP contribution is 2.37. The number of pyridine rings is 1. The number of nitrogens with zero attached hydrogens (tertiary/aromatic N) is 4. The van der Waals surface area contributed by atoms with Gasteiger partial charge in [0, 0.05) is 25.4 Å². The lowest BCUT2D eigenvalue weighted by Crippen LogP contribution is -2.34. The third-order valence-corrected chi connectivity index (χ3v) is 4.55. The maximum Gasteiger partial charge on any atom is 0.261 e. The van der Waals surface area contributed by atoms with Crippen molar-refractivity contribution in [3.63, 3.8) is 0 Å². The summed E-state index contributed by atoms with van der Waals surface area (Å²) in [7, 11) is 1.81. The van der Waals surface area contributed by atoms with Crippen molar-refractivity contribution in [3.05, 3.63) is 40.9 Å². The molecule has 2 aromatic rings. The highest BCUT2D eigenvalue weighted by molar-refractivity contribution is 6.30. The molecule has 6 nitrogen and oxygen atoms in total. The molecule has 23 heavy (non-hydrogen) atoms. The van der Waals surface area contributed by atoms with Gasteiger partial charge in [0.25, 0.3) is 5.91 Å². The van der Waals surface area contributed by atoms with Gasteiger partial charge < -0.3 is 9.64 Å². The fourth-order valence-corrected chi connectivity index (χ4v) is 3.35. The molecule has 0 N–H and O–H groups in total. The van der Waals surface area contributed by atoms with Crippen molar-refractivity contribution in [2.75, 3.05) is 13.2 Å². The normalized spacial score (nSPS) is 17.5. The zero-order valence-corrected chi connectivity index (χ0v) is 14.0. The fourth-order valence-electron chi connectivity index (χ4n) is 3.05. The van der Waals surface area contributed by atoms with Crippen LogP contribution in [-0.4, -0.2) is 38.7 Å². The molecule has 1 atom stereocenters. The van der Waals surface area contributed by atoms with Gasteiger partial charge in [-0.15, -0.1) is 0 Å². The molecule has 1 aliphatic rings. The third-order valence-electron chi connectivity index (χ3n) is 4.10. The molecular formula is C16H19ClN4O2. The molecule has 7 heteroatoms. The van der Waals surface area contributed by atoms with Gasteiger partial charge in [-0.3, -0.25) is 14.5 Å². The number of hydrogen-bond donors (Lipinski definition) is 0. The predicted molar refractivity (Wildman–Crippen MR) is 86.4 cm³/mol. The Morgan fingerprint density at radius 2 is 2.35 bits per heavy atom. The summed E-state index contributed by atoms with van der Waals surface area (Å²) in [5, 5.41) is 4.95. The first-order valence-corrected chi connectivity index (χ1v) is 7.97. The lowest BCUT2D eigenvalue weighted by molar-refractivity contribution is -0.134. The fraction of sp³-hybridized carbons (Fsp3) is 0.438. The zero-order valence-electron chi connectivity index (χ0n) is 13.2. The van der Waals surface area contributed by atoms with E-state index in [1.165, 1.54) is 0 Å². The first-order chi connectivity index (χ1) is 11.1. The maximum atomic E-state index is 12.5. The zero-order chi connectivity index (χ0) is 16.4. The number of likely N-dealkylation sites (tertiary alicyclic amines) is 1. The van der Waals surface area contributed by atoms with Gasteiger partial charge >= 0.3 is 0 Å². The lowest BCUT2D eigenvalue weighted by Gasteiger charge is -2.25. The summed E-state index contributed by atoms with van der Waals surface area (Å²) >= 11 is 6.36. The van der Waals surface area contributed by atoms with Gasteiger partial charge in [-0.1, -0.05) is 11.6 Å². The van der Waals surface area contributed by atoms with E-state index in [2.05, 4.69) is 10.1 Å². The molecule has 122 valence electrons. The number of carbonyl (C=O) groups excluding carboxylic acids is 1. The SMILES string of the molecule is Cc1nn(C)c(Cl)c1[C@@H]1CCCN1C(=O)COc1cccnc1. The maximum absolute atomic E-state index is 12.5. The quantitative estimate of drug-likeness (QED) is 0.862. The Kier molecular flexibility index (Phi) is 4.52. The van der Waals surface area contributed by atoms with Crippen molar-refractivity contribution in [1.82, 2.24) is 19.7 Å². The minimum Gasteiger partial charge on any atom is -0.482 e. The average Bonchev–Trinajstić information content (AvgIpc) is 3.11. The van der Waals surface area contributed by atoms with Crippen LogP contribution in [0.1, 0.15) is 30.1 Å². The first kappa shape index (κ1) is 15.8. The minimum atomic E-state index is -0.0457. The van der Waals surface area contributed by atoms with Crippen molar-refractivity contribution in [2.45, 2.75) is 25.8 Å². The van der Waals surface area contributed by atoms with Crippen LogP contribution in [0.15, 0.2) is 24.5 Å². The molecule has 3 rings (SSSR count). The van der Waals surface area contributed by atoms with E-state index in [9.17, 15) is 4.79 Å². The Bertz CT molecular complexity index is 702. The van der Waals surface area contributed by atoms with Crippen molar-refractivity contribution in [2.24, 2.45) is 7.05 Å². The Labute approximate surface area is 140 Å². The molecule has 2 aromatic heterocycles. The van der Waals surface area contributed by atoms with E-state index in [0.717, 1.165) is 24.1 Å². The third kappa shape index (κ3) is 3.17. The van der Waals surface area contributed by atoms with Crippen LogP contribution < -0.4 is 4.74 Å². The van der Waals surface area contributed by atoms with Gasteiger partial charge in [0.05, 0.1) is 17.9 Å². The number of halogens is 1. The second-order valence-electron chi connectivity index (χ2n) is 5.64. The molecule has 0 bridgehead atoms. The van der Waals surface area contributed by atoms with Gasteiger partial charge in [0.1, 0.15) is 10.9 Å². The van der Waals surface area contributed by atoms with Crippen LogP contribution in [0, 0.1) is 6.92 Å². The van der Waals surface area contributed by atoms with E-state index in [1.54, 1.807) is 29.2 Å². The number of hydrogen-bond acceptors (Lipinski definition) is 4. The Hall–Kier alpha value is -2.08. The van der Waals surface area contributed by atoms with Crippen molar-refractivity contribution < 1.29 is 9.53 Å². The van der Waals surface area contributed by atoms with E-state index in [4.69, 9.17) is 16.3 Å². The standard InChI is InChI=1S/C16H19ClN4O2/c1-11-15(16(17)20(2)19-11)13-6-4-8-21(13)14(22)10-23-12-5-3-7-18-9-12/h3,5,7,9,13H,4,6,8,10H2,1-2H3/t13-/m0/s1. The first-order valence-electron chi connectivity index (χ1n) is 7.59. The number of amides is 1. The van der Waals surface area contributed by atoms with E-state index < -0.39 is 0 Å². The van der Waals surface area contributed by atoms with E-state index >= 15 is 0 Å². The van der Waals surface area contributed by atoms with Crippen molar-refractivity contribution in [1.29, 1.82) is 0 Å². The number of ether oxygens (including phenoxy) is 1. The summed E-state index contributed by atoms with van der Waals surface area (Å²) in [6, 6.07) is 3.53. The summed E-state index contributed by atoms with van der Waals surface area (Å²) in [5.41, 5.74) is 1.82. The van der Waals surface area contributed by atoms with E-state index in [-0.39, 0.29) is 18.6 Å². The highest BCUT2D eigenvalue weighted by atomic mass is 35.5. The molecule has 0 radical (unpaired) electrons. The monoisotopic (exact) mass is 334 g/mol. The van der Waals surface area contributed by atoms with Gasteiger partial charge in [-0.25, -0.2) is 0 Å². The second-order valence-corrected chi connectivity index (χ2v) is 5.99. The topological polar surface area (TPSA) is 60.2 Å². The lowest BCUT2D eigenvalue weighted by atomic mass is 10.1. The Balaban J connectivity index is 1.72. The van der Waals surface area contributed by atoms with Gasteiger partial charge in [0.2, 0.25) is 0 Å². The summed E-state index contributed by atoms with van der Waals surface area (Å²) < 4.78 is 7.17. The molecule has 0 saturated carbocycles. The van der Waals surface area contributed by atoms with Gasteiger partial charge in [-0.05, 0) is 31.9 Å². The molecule has 1 saturated heterocycles. The van der Waals surface area contributed by atoms with Crippen LogP contribution in [0.3, 0.4) is 0 Å². The Morgan fingerprint density at radius 3 is 3.00 bits per heavy atom. The number of aryl methyl sites for hydroxylation is 2. The highest BCUT2D eigenvalue weighted by Gasteiger charge is 2.34. The smallest absolute Gasteiger partial charge is 0.261 e. The molecule has 0 aliphatic carbocycles. The molecule has 0 spiro atoms. The number of rotatable bonds is 4. The largest absolute Gasteiger partial charge is 0.482 e. The molecule has 0 unspecified atom stereocenters. The summed E-state index contributed by atoms with van der Waals surface area (Å²) in [5.74, 6) is 0.544. The molecule has 1 fully saturated rings. The minimum absolute atomic E-state index is 0.000871. The van der Waals surface area contributed by atoms with Crippen LogP contribution in [0.25, 0.3) is 0 Å². The Morgan fingerprint density at radius 1 is 1.52 bits per heavy atom. The molecule has 1 amide bonds. The van der Waals surface area contributed by atoms with Gasteiger partial charge in [-0.2, -0.15) is 5.10 Å². The average molecular weight is 335 g/mol. The summed E-state index contributed by atoms with van der Waals surface area (Å²) in [6.07, 6.45) is 5.11. The summed E-state index contributed by atoms with van der Waals surface area (Å²) in [4.78, 5) is 18.4. The van der Waals surface area contributed by atoms with Gasteiger partial charge in [0.15, 0.2) is 6.61 Å². The second kappa shape index (κ2) is 6.58. The number of carbonyl (C=O) groups is 1. The van der Waals surface area contributed by atoms with Crippen LogP contribution in [0.2, 0.25) is 5.15 Å². The van der Waals surface area contributed by atoms with Crippen LogP contribution >= 0.6 is 11.6 Å². The molecular weight excluding hydrogens is 316 g/mol. The van der Waals surface area contributed by atoms with E-state index in [1.807, 2.05) is 18.9 Å². The van der Waals surface area contributed by atoms with Crippen molar-refractivity contribution >= 4 is 17.5 Å².